The van der Waals surface area contributed by atoms with Crippen LogP contribution in [0, 0.1) is 12.3 Å². The lowest BCUT2D eigenvalue weighted by atomic mass is 9.81. The van der Waals surface area contributed by atoms with Crippen molar-refractivity contribution in [3.05, 3.63) is 35.5 Å². The van der Waals surface area contributed by atoms with Crippen LogP contribution < -0.4 is 5.32 Å². The van der Waals surface area contributed by atoms with E-state index in [1.807, 2.05) is 31.2 Å². The molecule has 3 N–H and O–H groups in total. The van der Waals surface area contributed by atoms with Gasteiger partial charge in [0.05, 0.1) is 12.2 Å². The number of fused-ring (bicyclic) bond motifs is 1. The molecule has 5 nitrogen and oxygen atoms in total. The summed E-state index contributed by atoms with van der Waals surface area (Å²) in [5, 5.41) is 13.6. The summed E-state index contributed by atoms with van der Waals surface area (Å²) in [6, 6.07) is 7.79. The van der Waals surface area contributed by atoms with Crippen molar-refractivity contribution < 1.29 is 14.6 Å². The molecule has 0 atom stereocenters. The Balaban J connectivity index is 1.77. The van der Waals surface area contributed by atoms with Crippen molar-refractivity contribution in [1.29, 1.82) is 0 Å². The lowest BCUT2D eigenvalue weighted by molar-refractivity contribution is -0.0146. The van der Waals surface area contributed by atoms with Crippen LogP contribution in [0.15, 0.2) is 24.3 Å². The molecule has 2 aromatic rings. The van der Waals surface area contributed by atoms with Gasteiger partial charge in [0.1, 0.15) is 0 Å². The molecule has 5 heteroatoms. The van der Waals surface area contributed by atoms with Crippen molar-refractivity contribution in [2.24, 2.45) is 5.41 Å². The van der Waals surface area contributed by atoms with E-state index < -0.39 is 0 Å². The molecule has 0 bridgehead atoms. The smallest absolute Gasteiger partial charge is 0.253 e. The van der Waals surface area contributed by atoms with Gasteiger partial charge in [-0.3, -0.25) is 4.79 Å². The number of ether oxygens (including phenoxy) is 1. The van der Waals surface area contributed by atoms with Gasteiger partial charge in [0.25, 0.3) is 5.91 Å². The monoisotopic (exact) mass is 302 g/mol. The third kappa shape index (κ3) is 2.74. The van der Waals surface area contributed by atoms with Gasteiger partial charge >= 0.3 is 0 Å². The van der Waals surface area contributed by atoms with Crippen LogP contribution in [0.4, 0.5) is 0 Å². The minimum absolute atomic E-state index is 0.0729. The molecule has 1 fully saturated rings. The van der Waals surface area contributed by atoms with Crippen molar-refractivity contribution in [3.8, 4) is 0 Å². The molecule has 2 heterocycles. The number of amides is 1. The highest BCUT2D eigenvalue weighted by molar-refractivity contribution is 6.08. The molecular formula is C17H22N2O3. The molecular weight excluding hydrogens is 280 g/mol. The van der Waals surface area contributed by atoms with Crippen molar-refractivity contribution in [1.82, 2.24) is 10.3 Å². The lowest BCUT2D eigenvalue weighted by Gasteiger charge is -2.35. The first-order valence-corrected chi connectivity index (χ1v) is 7.69. The van der Waals surface area contributed by atoms with Crippen LogP contribution >= 0.6 is 0 Å². The van der Waals surface area contributed by atoms with Crippen LogP contribution in [0.5, 0.6) is 0 Å². The largest absolute Gasteiger partial charge is 0.396 e. The summed E-state index contributed by atoms with van der Waals surface area (Å²) in [7, 11) is 0. The molecule has 0 unspecified atom stereocenters. The maximum absolute atomic E-state index is 12.6. The van der Waals surface area contributed by atoms with Gasteiger partial charge in [-0.05, 0) is 25.8 Å². The Kier molecular flexibility index (Phi) is 4.18. The fourth-order valence-corrected chi connectivity index (χ4v) is 3.12. The van der Waals surface area contributed by atoms with Crippen LogP contribution in [-0.4, -0.2) is 42.4 Å². The van der Waals surface area contributed by atoms with Crippen molar-refractivity contribution >= 4 is 16.8 Å². The predicted molar refractivity (Wildman–Crippen MR) is 84.9 cm³/mol. The first-order chi connectivity index (χ1) is 10.7. The van der Waals surface area contributed by atoms with Crippen LogP contribution in [0.1, 0.15) is 28.9 Å². The molecule has 1 aliphatic heterocycles. The van der Waals surface area contributed by atoms with E-state index in [9.17, 15) is 9.90 Å². The number of benzene rings is 1. The molecule has 3 rings (SSSR count). The third-order valence-electron chi connectivity index (χ3n) is 4.63. The highest BCUT2D eigenvalue weighted by atomic mass is 16.5. The lowest BCUT2D eigenvalue weighted by Crippen LogP contribution is -2.43. The number of nitrogens with one attached hydrogen (secondary N) is 2. The zero-order chi connectivity index (χ0) is 15.6. The zero-order valence-corrected chi connectivity index (χ0v) is 12.8. The normalized spacial score (nSPS) is 17.5. The number of aliphatic hydroxyl groups excluding tert-OH is 1. The number of carbonyl (C=O) groups excluding carboxylic acids is 1. The molecule has 22 heavy (non-hydrogen) atoms. The van der Waals surface area contributed by atoms with Crippen molar-refractivity contribution in [3.63, 3.8) is 0 Å². The van der Waals surface area contributed by atoms with Gasteiger partial charge in [0, 0.05) is 41.8 Å². The molecule has 1 saturated heterocycles. The number of hydrogen-bond acceptors (Lipinski definition) is 3. The average molecular weight is 302 g/mol. The molecule has 1 aliphatic rings. The quantitative estimate of drug-likeness (QED) is 0.808. The van der Waals surface area contributed by atoms with E-state index >= 15 is 0 Å². The summed E-state index contributed by atoms with van der Waals surface area (Å²) < 4.78 is 5.35. The van der Waals surface area contributed by atoms with Crippen molar-refractivity contribution in [2.45, 2.75) is 19.8 Å². The van der Waals surface area contributed by atoms with Gasteiger partial charge in [0.15, 0.2) is 0 Å². The fourth-order valence-electron chi connectivity index (χ4n) is 3.12. The topological polar surface area (TPSA) is 74.4 Å². The van der Waals surface area contributed by atoms with E-state index in [1.54, 1.807) is 0 Å². The second kappa shape index (κ2) is 6.10. The molecule has 1 aromatic heterocycles. The fraction of sp³-hybridized carbons (Fsp3) is 0.471. The average Bonchev–Trinajstić information content (AvgIpc) is 2.89. The Labute approximate surface area is 129 Å². The highest BCUT2D eigenvalue weighted by Gasteiger charge is 2.32. The number of aromatic nitrogens is 1. The number of aryl methyl sites for hydroxylation is 1. The number of hydrogen-bond donors (Lipinski definition) is 3. The number of carbonyl (C=O) groups is 1. The van der Waals surface area contributed by atoms with E-state index in [2.05, 4.69) is 10.3 Å². The maximum Gasteiger partial charge on any atom is 0.253 e. The molecule has 0 aliphatic carbocycles. The third-order valence-corrected chi connectivity index (χ3v) is 4.63. The van der Waals surface area contributed by atoms with E-state index in [0.717, 1.165) is 29.4 Å². The van der Waals surface area contributed by atoms with Crippen LogP contribution in [0.25, 0.3) is 10.9 Å². The van der Waals surface area contributed by atoms with Crippen LogP contribution in [0.3, 0.4) is 0 Å². The number of para-hydroxylation sites is 1. The number of aromatic amines is 1. The summed E-state index contributed by atoms with van der Waals surface area (Å²) >= 11 is 0. The van der Waals surface area contributed by atoms with E-state index in [-0.39, 0.29) is 17.9 Å². The Bertz CT molecular complexity index is 672. The Morgan fingerprint density at radius 2 is 2.09 bits per heavy atom. The van der Waals surface area contributed by atoms with Crippen LogP contribution in [-0.2, 0) is 4.74 Å². The Morgan fingerprint density at radius 1 is 1.36 bits per heavy atom. The second-order valence-corrected chi connectivity index (χ2v) is 6.12. The Hall–Kier alpha value is -1.85. The van der Waals surface area contributed by atoms with E-state index in [0.29, 0.717) is 25.3 Å². The minimum Gasteiger partial charge on any atom is -0.396 e. The Morgan fingerprint density at radius 3 is 2.82 bits per heavy atom. The standard InChI is InChI=1S/C17H22N2O3/c1-12-15(13-4-2-3-5-14(13)19-12)16(21)18-10-17(11-20)6-8-22-9-7-17/h2-5,19-20H,6-11H2,1H3,(H,18,21). The zero-order valence-electron chi connectivity index (χ0n) is 12.8. The van der Waals surface area contributed by atoms with Crippen molar-refractivity contribution in [2.75, 3.05) is 26.4 Å². The molecule has 0 spiro atoms. The van der Waals surface area contributed by atoms with Gasteiger partial charge in [-0.15, -0.1) is 0 Å². The van der Waals surface area contributed by atoms with E-state index in [4.69, 9.17) is 4.74 Å². The highest BCUT2D eigenvalue weighted by Crippen LogP contribution is 2.29. The summed E-state index contributed by atoms with van der Waals surface area (Å²) in [6.45, 7) is 3.74. The SMILES string of the molecule is Cc1[nH]c2ccccc2c1C(=O)NCC1(CO)CCOCC1. The van der Waals surface area contributed by atoms with E-state index in [1.165, 1.54) is 0 Å². The molecule has 0 radical (unpaired) electrons. The minimum atomic E-state index is -0.256. The molecule has 0 saturated carbocycles. The maximum atomic E-state index is 12.6. The van der Waals surface area contributed by atoms with Gasteiger partial charge < -0.3 is 20.1 Å². The number of H-pyrrole nitrogens is 1. The second-order valence-electron chi connectivity index (χ2n) is 6.12. The molecule has 1 aromatic carbocycles. The summed E-state index contributed by atoms with van der Waals surface area (Å²) in [4.78, 5) is 15.8. The van der Waals surface area contributed by atoms with Crippen LogP contribution in [0.2, 0.25) is 0 Å². The first-order valence-electron chi connectivity index (χ1n) is 7.69. The van der Waals surface area contributed by atoms with Gasteiger partial charge in [-0.1, -0.05) is 18.2 Å². The first kappa shape index (κ1) is 15.1. The van der Waals surface area contributed by atoms with Gasteiger partial charge in [-0.25, -0.2) is 0 Å². The predicted octanol–water partition coefficient (Wildman–Crippen LogP) is 2.00. The van der Waals surface area contributed by atoms with Gasteiger partial charge in [0.2, 0.25) is 0 Å². The number of rotatable bonds is 4. The molecule has 1 amide bonds. The molecule has 118 valence electrons. The summed E-state index contributed by atoms with van der Waals surface area (Å²) in [5.41, 5.74) is 2.26. The summed E-state index contributed by atoms with van der Waals surface area (Å²) in [6.07, 6.45) is 1.55. The number of aliphatic hydroxyl groups is 1. The summed E-state index contributed by atoms with van der Waals surface area (Å²) in [5.74, 6) is -0.0886. The van der Waals surface area contributed by atoms with Gasteiger partial charge in [-0.2, -0.15) is 0 Å².